The number of benzene rings is 2. The van der Waals surface area contributed by atoms with Crippen molar-refractivity contribution in [3.05, 3.63) is 65.7 Å². The van der Waals surface area contributed by atoms with Gasteiger partial charge in [-0.25, -0.2) is 0 Å². The predicted octanol–water partition coefficient (Wildman–Crippen LogP) is 3.91. The standard InChI is InChI=1S/C21H28N2O/c1-21(2,19-6-4-3-5-7-19)17-22-20-10-8-18(9-11-20)16-23-12-14-24-15-13-23/h3-11,22H,12-17H2,1-2H3. The van der Waals surface area contributed by atoms with Crippen molar-refractivity contribution in [3.8, 4) is 0 Å². The molecule has 2 aromatic carbocycles. The fraction of sp³-hybridized carbons (Fsp3) is 0.429. The molecule has 0 atom stereocenters. The third-order valence-electron chi connectivity index (χ3n) is 4.75. The molecular weight excluding hydrogens is 296 g/mol. The Bertz CT molecular complexity index is 616. The van der Waals surface area contributed by atoms with Crippen LogP contribution in [0.4, 0.5) is 5.69 Å². The molecule has 2 aromatic rings. The van der Waals surface area contributed by atoms with Gasteiger partial charge in [0.25, 0.3) is 0 Å². The lowest BCUT2D eigenvalue weighted by Crippen LogP contribution is -2.35. The van der Waals surface area contributed by atoms with E-state index in [0.717, 1.165) is 39.4 Å². The van der Waals surface area contributed by atoms with Crippen LogP contribution in [0.15, 0.2) is 54.6 Å². The first-order chi connectivity index (χ1) is 11.6. The van der Waals surface area contributed by atoms with Gasteiger partial charge < -0.3 is 10.1 Å². The van der Waals surface area contributed by atoms with E-state index in [1.54, 1.807) is 0 Å². The Morgan fingerprint density at radius 1 is 0.958 bits per heavy atom. The third-order valence-corrected chi connectivity index (χ3v) is 4.75. The highest BCUT2D eigenvalue weighted by molar-refractivity contribution is 5.45. The number of morpholine rings is 1. The van der Waals surface area contributed by atoms with Crippen molar-refractivity contribution in [2.24, 2.45) is 0 Å². The summed E-state index contributed by atoms with van der Waals surface area (Å²) in [7, 11) is 0. The Kier molecular flexibility index (Phi) is 5.54. The van der Waals surface area contributed by atoms with Gasteiger partial charge in [-0.3, -0.25) is 4.90 Å². The predicted molar refractivity (Wildman–Crippen MR) is 100 cm³/mol. The molecule has 1 fully saturated rings. The average molecular weight is 324 g/mol. The molecule has 24 heavy (non-hydrogen) atoms. The number of nitrogens with one attached hydrogen (secondary N) is 1. The number of hydrogen-bond acceptors (Lipinski definition) is 3. The minimum Gasteiger partial charge on any atom is -0.384 e. The lowest BCUT2D eigenvalue weighted by Gasteiger charge is -2.27. The fourth-order valence-corrected chi connectivity index (χ4v) is 3.06. The molecule has 0 aliphatic carbocycles. The van der Waals surface area contributed by atoms with Crippen molar-refractivity contribution in [2.75, 3.05) is 38.2 Å². The van der Waals surface area contributed by atoms with Gasteiger partial charge in [0.15, 0.2) is 0 Å². The summed E-state index contributed by atoms with van der Waals surface area (Å²) in [5.74, 6) is 0. The molecule has 1 N–H and O–H groups in total. The first-order valence-corrected chi connectivity index (χ1v) is 8.82. The zero-order valence-corrected chi connectivity index (χ0v) is 14.8. The van der Waals surface area contributed by atoms with Crippen molar-refractivity contribution in [2.45, 2.75) is 25.8 Å². The van der Waals surface area contributed by atoms with E-state index in [-0.39, 0.29) is 5.41 Å². The number of ether oxygens (including phenoxy) is 1. The molecule has 0 aromatic heterocycles. The Morgan fingerprint density at radius 2 is 1.62 bits per heavy atom. The molecule has 0 saturated carbocycles. The van der Waals surface area contributed by atoms with Crippen LogP contribution in [0.1, 0.15) is 25.0 Å². The summed E-state index contributed by atoms with van der Waals surface area (Å²) in [5.41, 5.74) is 4.02. The minimum absolute atomic E-state index is 0.105. The zero-order chi connectivity index (χ0) is 16.8. The van der Waals surface area contributed by atoms with Crippen LogP contribution >= 0.6 is 0 Å². The van der Waals surface area contributed by atoms with Gasteiger partial charge in [-0.05, 0) is 23.3 Å². The van der Waals surface area contributed by atoms with Crippen molar-refractivity contribution in [1.29, 1.82) is 0 Å². The molecule has 3 rings (SSSR count). The molecule has 0 spiro atoms. The third kappa shape index (κ3) is 4.59. The van der Waals surface area contributed by atoms with Gasteiger partial charge in [-0.15, -0.1) is 0 Å². The summed E-state index contributed by atoms with van der Waals surface area (Å²) in [4.78, 5) is 2.45. The summed E-state index contributed by atoms with van der Waals surface area (Å²) in [5, 5.41) is 3.58. The van der Waals surface area contributed by atoms with Crippen LogP contribution in [0.2, 0.25) is 0 Å². The van der Waals surface area contributed by atoms with Gasteiger partial charge in [0.1, 0.15) is 0 Å². The largest absolute Gasteiger partial charge is 0.384 e. The molecule has 3 heteroatoms. The minimum atomic E-state index is 0.105. The van der Waals surface area contributed by atoms with Crippen LogP contribution in [0.25, 0.3) is 0 Å². The number of nitrogens with zero attached hydrogens (tertiary/aromatic N) is 1. The van der Waals surface area contributed by atoms with Crippen molar-refractivity contribution in [1.82, 2.24) is 4.90 Å². The van der Waals surface area contributed by atoms with E-state index in [4.69, 9.17) is 4.74 Å². The average Bonchev–Trinajstić information content (AvgIpc) is 2.63. The number of rotatable bonds is 6. The molecule has 1 saturated heterocycles. The molecule has 1 aliphatic rings. The Labute approximate surface area is 145 Å². The molecule has 1 heterocycles. The first-order valence-electron chi connectivity index (χ1n) is 8.82. The van der Waals surface area contributed by atoms with E-state index in [0.29, 0.717) is 0 Å². The van der Waals surface area contributed by atoms with Crippen LogP contribution < -0.4 is 5.32 Å². The van der Waals surface area contributed by atoms with Crippen molar-refractivity contribution < 1.29 is 4.74 Å². The maximum Gasteiger partial charge on any atom is 0.0594 e. The monoisotopic (exact) mass is 324 g/mol. The molecule has 0 bridgehead atoms. The second-order valence-electron chi connectivity index (χ2n) is 7.19. The van der Waals surface area contributed by atoms with Gasteiger partial charge >= 0.3 is 0 Å². The smallest absolute Gasteiger partial charge is 0.0594 e. The lowest BCUT2D eigenvalue weighted by atomic mass is 9.84. The molecule has 3 nitrogen and oxygen atoms in total. The van der Waals surface area contributed by atoms with Gasteiger partial charge in [-0.1, -0.05) is 56.3 Å². The molecule has 1 aliphatic heterocycles. The van der Waals surface area contributed by atoms with E-state index in [9.17, 15) is 0 Å². The highest BCUT2D eigenvalue weighted by Gasteiger charge is 2.19. The van der Waals surface area contributed by atoms with E-state index >= 15 is 0 Å². The topological polar surface area (TPSA) is 24.5 Å². The van der Waals surface area contributed by atoms with Crippen LogP contribution in [-0.2, 0) is 16.7 Å². The molecule has 0 unspecified atom stereocenters. The normalized spacial score (nSPS) is 16.1. The second-order valence-corrected chi connectivity index (χ2v) is 7.19. The van der Waals surface area contributed by atoms with E-state index < -0.39 is 0 Å². The van der Waals surface area contributed by atoms with Crippen molar-refractivity contribution >= 4 is 5.69 Å². The molecule has 0 amide bonds. The quantitative estimate of drug-likeness (QED) is 0.872. The van der Waals surface area contributed by atoms with Crippen LogP contribution in [0.5, 0.6) is 0 Å². The van der Waals surface area contributed by atoms with Crippen LogP contribution in [-0.4, -0.2) is 37.7 Å². The molecular formula is C21H28N2O. The van der Waals surface area contributed by atoms with Crippen LogP contribution in [0.3, 0.4) is 0 Å². The highest BCUT2D eigenvalue weighted by atomic mass is 16.5. The summed E-state index contributed by atoms with van der Waals surface area (Å²) in [6.45, 7) is 10.3. The lowest BCUT2D eigenvalue weighted by molar-refractivity contribution is 0.0342. The first kappa shape index (κ1) is 17.0. The van der Waals surface area contributed by atoms with Gasteiger partial charge in [0.05, 0.1) is 13.2 Å². The maximum absolute atomic E-state index is 5.41. The summed E-state index contributed by atoms with van der Waals surface area (Å²) in [6.07, 6.45) is 0. The van der Waals surface area contributed by atoms with E-state index in [1.165, 1.54) is 16.8 Å². The van der Waals surface area contributed by atoms with E-state index in [1.807, 2.05) is 0 Å². The van der Waals surface area contributed by atoms with Gasteiger partial charge in [0.2, 0.25) is 0 Å². The summed E-state index contributed by atoms with van der Waals surface area (Å²) < 4.78 is 5.41. The number of hydrogen-bond donors (Lipinski definition) is 1. The Morgan fingerprint density at radius 3 is 2.29 bits per heavy atom. The molecule has 128 valence electrons. The Balaban J connectivity index is 1.54. The number of anilines is 1. The van der Waals surface area contributed by atoms with Crippen LogP contribution in [0, 0.1) is 0 Å². The SMILES string of the molecule is CC(C)(CNc1ccc(CN2CCOCC2)cc1)c1ccccc1. The molecule has 0 radical (unpaired) electrons. The van der Waals surface area contributed by atoms with Gasteiger partial charge in [-0.2, -0.15) is 0 Å². The second kappa shape index (κ2) is 7.82. The maximum atomic E-state index is 5.41. The fourth-order valence-electron chi connectivity index (χ4n) is 3.06. The van der Waals surface area contributed by atoms with Gasteiger partial charge in [0, 0.05) is 37.3 Å². The zero-order valence-electron chi connectivity index (χ0n) is 14.8. The summed E-state index contributed by atoms with van der Waals surface area (Å²) >= 11 is 0. The van der Waals surface area contributed by atoms with Crippen molar-refractivity contribution in [3.63, 3.8) is 0 Å². The summed E-state index contributed by atoms with van der Waals surface area (Å²) in [6, 6.07) is 19.5. The highest BCUT2D eigenvalue weighted by Crippen LogP contribution is 2.23. The Hall–Kier alpha value is -1.84. The van der Waals surface area contributed by atoms with E-state index in [2.05, 4.69) is 78.7 Å².